The zero-order valence-corrected chi connectivity index (χ0v) is 10.1. The first-order chi connectivity index (χ1) is 8.13. The Hall–Kier alpha value is -1.56. The molecule has 0 radical (unpaired) electrons. The highest BCUT2D eigenvalue weighted by Crippen LogP contribution is 2.30. The van der Waals surface area contributed by atoms with E-state index < -0.39 is 12.0 Å². The predicted molar refractivity (Wildman–Crippen MR) is 64.1 cm³/mol. The van der Waals surface area contributed by atoms with Gasteiger partial charge < -0.3 is 15.3 Å². The van der Waals surface area contributed by atoms with Crippen molar-refractivity contribution in [2.45, 2.75) is 24.9 Å². The van der Waals surface area contributed by atoms with Crippen molar-refractivity contribution < 1.29 is 9.90 Å². The van der Waals surface area contributed by atoms with Crippen LogP contribution in [0.1, 0.15) is 12.8 Å². The predicted octanol–water partition coefficient (Wildman–Crippen LogP) is 0.0615. The van der Waals surface area contributed by atoms with Crippen LogP contribution in [0.5, 0.6) is 0 Å². The maximum Gasteiger partial charge on any atom is 0.326 e. The molecule has 1 aliphatic rings. The molecular weight excluding hydrogens is 220 g/mol. The maximum absolute atomic E-state index is 11.3. The van der Waals surface area contributed by atoms with Gasteiger partial charge in [0.2, 0.25) is 0 Å². The number of hydrogen-bond donors (Lipinski definition) is 2. The van der Waals surface area contributed by atoms with Crippen LogP contribution < -0.4 is 10.2 Å². The fraction of sp³-hybridized carbons (Fsp3) is 0.636. The van der Waals surface area contributed by atoms with Gasteiger partial charge in [-0.15, -0.1) is 0 Å². The highest BCUT2D eigenvalue weighted by Gasteiger charge is 2.38. The second kappa shape index (κ2) is 4.75. The number of aromatic nitrogens is 2. The summed E-state index contributed by atoms with van der Waals surface area (Å²) in [5.74, 6) is -0.757. The zero-order chi connectivity index (χ0) is 12.4. The first kappa shape index (κ1) is 11.9. The summed E-state index contributed by atoms with van der Waals surface area (Å²) in [6.07, 6.45) is 5.18. The molecule has 6 heteroatoms. The number of aryl methyl sites for hydroxylation is 1. The van der Waals surface area contributed by atoms with Crippen molar-refractivity contribution in [2.24, 2.45) is 7.05 Å². The number of hydrogen-bond acceptors (Lipinski definition) is 4. The Morgan fingerprint density at radius 1 is 1.65 bits per heavy atom. The topological polar surface area (TPSA) is 70.4 Å². The van der Waals surface area contributed by atoms with Crippen molar-refractivity contribution in [3.05, 3.63) is 12.4 Å². The molecule has 17 heavy (non-hydrogen) atoms. The molecule has 94 valence electrons. The van der Waals surface area contributed by atoms with Crippen molar-refractivity contribution in [3.8, 4) is 0 Å². The van der Waals surface area contributed by atoms with Crippen LogP contribution in [0.3, 0.4) is 0 Å². The van der Waals surface area contributed by atoms with Crippen LogP contribution in [0.15, 0.2) is 12.4 Å². The largest absolute Gasteiger partial charge is 0.480 e. The highest BCUT2D eigenvalue weighted by molar-refractivity contribution is 5.79. The van der Waals surface area contributed by atoms with Gasteiger partial charge in [-0.3, -0.25) is 4.68 Å². The molecule has 2 rings (SSSR count). The third-order valence-electron chi connectivity index (χ3n) is 3.22. The van der Waals surface area contributed by atoms with E-state index in [1.165, 1.54) is 0 Å². The highest BCUT2D eigenvalue weighted by atomic mass is 16.4. The maximum atomic E-state index is 11.3. The minimum absolute atomic E-state index is 0.227. The van der Waals surface area contributed by atoms with Gasteiger partial charge in [-0.25, -0.2) is 4.79 Å². The molecule has 2 atom stereocenters. The van der Waals surface area contributed by atoms with Gasteiger partial charge in [0.1, 0.15) is 6.04 Å². The lowest BCUT2D eigenvalue weighted by Crippen LogP contribution is -2.44. The molecule has 1 saturated heterocycles. The Balaban J connectivity index is 2.25. The third kappa shape index (κ3) is 2.26. The smallest absolute Gasteiger partial charge is 0.326 e. The molecule has 2 unspecified atom stereocenters. The molecule has 1 aromatic heterocycles. The van der Waals surface area contributed by atoms with Gasteiger partial charge in [0.05, 0.1) is 11.9 Å². The van der Waals surface area contributed by atoms with E-state index >= 15 is 0 Å². The molecule has 0 aromatic carbocycles. The molecule has 0 spiro atoms. The summed E-state index contributed by atoms with van der Waals surface area (Å²) in [4.78, 5) is 13.2. The summed E-state index contributed by atoms with van der Waals surface area (Å²) in [6.45, 7) is 0.790. The van der Waals surface area contributed by atoms with Crippen molar-refractivity contribution >= 4 is 11.7 Å². The first-order valence-electron chi connectivity index (χ1n) is 5.78. The quantitative estimate of drug-likeness (QED) is 0.776. The molecule has 0 saturated carbocycles. The Labute approximate surface area is 100 Å². The molecular formula is C11H18N4O2. The number of nitrogens with one attached hydrogen (secondary N) is 1. The van der Waals surface area contributed by atoms with E-state index in [1.807, 2.05) is 25.2 Å². The van der Waals surface area contributed by atoms with Gasteiger partial charge in [-0.2, -0.15) is 5.10 Å². The molecule has 1 aromatic rings. The minimum atomic E-state index is -0.757. The zero-order valence-electron chi connectivity index (χ0n) is 10.1. The first-order valence-corrected chi connectivity index (χ1v) is 5.78. The van der Waals surface area contributed by atoms with Crippen molar-refractivity contribution in [3.63, 3.8) is 0 Å². The van der Waals surface area contributed by atoms with Crippen LogP contribution in [0.25, 0.3) is 0 Å². The fourth-order valence-corrected chi connectivity index (χ4v) is 2.49. The molecule has 1 aliphatic heterocycles. The van der Waals surface area contributed by atoms with Gasteiger partial charge >= 0.3 is 5.97 Å². The average molecular weight is 238 g/mol. The van der Waals surface area contributed by atoms with E-state index in [0.717, 1.165) is 18.7 Å². The van der Waals surface area contributed by atoms with Crippen molar-refractivity contribution in [2.75, 3.05) is 18.5 Å². The van der Waals surface area contributed by atoms with E-state index in [4.69, 9.17) is 0 Å². The summed E-state index contributed by atoms with van der Waals surface area (Å²) >= 11 is 0. The number of nitrogens with zero attached hydrogens (tertiary/aromatic N) is 3. The van der Waals surface area contributed by atoms with Crippen molar-refractivity contribution in [1.29, 1.82) is 0 Å². The average Bonchev–Trinajstić information content (AvgIpc) is 2.84. The normalized spacial score (nSPS) is 24.2. The lowest BCUT2D eigenvalue weighted by Gasteiger charge is -2.28. The fourth-order valence-electron chi connectivity index (χ4n) is 2.49. The Kier molecular flexibility index (Phi) is 3.33. The lowest BCUT2D eigenvalue weighted by molar-refractivity contribution is -0.138. The van der Waals surface area contributed by atoms with Gasteiger partial charge in [0, 0.05) is 25.8 Å². The SMILES string of the molecule is CNCC1CCC(C(=O)O)N1c1cnn(C)c1. The van der Waals surface area contributed by atoms with Crippen LogP contribution >= 0.6 is 0 Å². The third-order valence-corrected chi connectivity index (χ3v) is 3.22. The molecule has 0 amide bonds. The molecule has 0 aliphatic carbocycles. The van der Waals surface area contributed by atoms with Crippen LogP contribution in [0, 0.1) is 0 Å². The number of rotatable bonds is 4. The standard InChI is InChI=1S/C11H18N4O2/c1-12-5-8-3-4-10(11(16)17)15(8)9-6-13-14(2)7-9/h6-8,10,12H,3-5H2,1-2H3,(H,16,17). The second-order valence-electron chi connectivity index (χ2n) is 4.42. The Morgan fingerprint density at radius 2 is 2.41 bits per heavy atom. The summed E-state index contributed by atoms with van der Waals surface area (Å²) in [6, 6.07) is -0.206. The Bertz CT molecular complexity index is 404. The van der Waals surface area contributed by atoms with Gasteiger partial charge in [0.15, 0.2) is 0 Å². The molecule has 2 heterocycles. The number of carboxylic acid groups (broad SMARTS) is 1. The van der Waals surface area contributed by atoms with Gasteiger partial charge in [-0.05, 0) is 19.9 Å². The number of carboxylic acids is 1. The van der Waals surface area contributed by atoms with Crippen LogP contribution in [0.2, 0.25) is 0 Å². The van der Waals surface area contributed by atoms with E-state index in [9.17, 15) is 9.90 Å². The monoisotopic (exact) mass is 238 g/mol. The summed E-state index contributed by atoms with van der Waals surface area (Å²) < 4.78 is 1.70. The summed E-state index contributed by atoms with van der Waals surface area (Å²) in [5.41, 5.74) is 0.887. The number of aliphatic carboxylic acids is 1. The second-order valence-corrected chi connectivity index (χ2v) is 4.42. The molecule has 0 bridgehead atoms. The Morgan fingerprint density at radius 3 is 2.94 bits per heavy atom. The molecule has 2 N–H and O–H groups in total. The number of carbonyl (C=O) groups is 1. The van der Waals surface area contributed by atoms with Crippen molar-refractivity contribution in [1.82, 2.24) is 15.1 Å². The van der Waals surface area contributed by atoms with Crippen LogP contribution in [-0.2, 0) is 11.8 Å². The van der Waals surface area contributed by atoms with E-state index in [0.29, 0.717) is 6.42 Å². The van der Waals surface area contributed by atoms with Crippen LogP contribution in [0.4, 0.5) is 5.69 Å². The number of likely N-dealkylation sites (N-methyl/N-ethyl adjacent to an activating group) is 1. The van der Waals surface area contributed by atoms with E-state index in [-0.39, 0.29) is 6.04 Å². The summed E-state index contributed by atoms with van der Waals surface area (Å²) in [5, 5.41) is 16.5. The van der Waals surface area contributed by atoms with Crippen LogP contribution in [-0.4, -0.2) is 46.5 Å². The minimum Gasteiger partial charge on any atom is -0.480 e. The lowest BCUT2D eigenvalue weighted by atomic mass is 10.2. The summed E-state index contributed by atoms with van der Waals surface area (Å²) in [7, 11) is 3.72. The molecule has 6 nitrogen and oxygen atoms in total. The van der Waals surface area contributed by atoms with E-state index in [1.54, 1.807) is 10.9 Å². The molecule has 1 fully saturated rings. The van der Waals surface area contributed by atoms with E-state index in [2.05, 4.69) is 10.4 Å². The number of anilines is 1. The van der Waals surface area contributed by atoms with Gasteiger partial charge in [0.25, 0.3) is 0 Å². The van der Waals surface area contributed by atoms with Gasteiger partial charge in [-0.1, -0.05) is 0 Å².